The third-order valence-electron chi connectivity index (χ3n) is 6.46. The highest BCUT2D eigenvalue weighted by Gasteiger charge is 2.58. The van der Waals surface area contributed by atoms with Crippen molar-refractivity contribution in [1.82, 2.24) is 4.90 Å². The lowest BCUT2D eigenvalue weighted by molar-refractivity contribution is -0.155. The summed E-state index contributed by atoms with van der Waals surface area (Å²) in [5, 5.41) is 22.0. The van der Waals surface area contributed by atoms with Gasteiger partial charge in [-0.2, -0.15) is 0 Å². The molecule has 4 atom stereocenters. The standard InChI is InChI=1S/C21H25NO7/c1-11(24)29-19-14(25)9-21-6-7-22(10-23)13(17(21)20(19)28-3)8-12-4-5-15(27-2)18(26)16(12)21/h4-5,10,13-14,19,25-26H,6-9H2,1-3H3/t13-,14+,19+,21+/m1/s1. The molecule has 156 valence electrons. The summed E-state index contributed by atoms with van der Waals surface area (Å²) in [6.45, 7) is 1.76. The number of methoxy groups -OCH3 is 2. The number of ether oxygens (including phenoxy) is 3. The minimum atomic E-state index is -1.02. The number of rotatable bonds is 4. The van der Waals surface area contributed by atoms with E-state index in [4.69, 9.17) is 14.2 Å². The van der Waals surface area contributed by atoms with Gasteiger partial charge in [0.15, 0.2) is 17.6 Å². The van der Waals surface area contributed by atoms with E-state index in [1.165, 1.54) is 21.1 Å². The maximum absolute atomic E-state index is 11.8. The van der Waals surface area contributed by atoms with Crippen LogP contribution in [0, 0.1) is 0 Å². The predicted octanol–water partition coefficient (Wildman–Crippen LogP) is 1.02. The maximum Gasteiger partial charge on any atom is 0.303 e. The summed E-state index contributed by atoms with van der Waals surface area (Å²) < 4.78 is 16.4. The summed E-state index contributed by atoms with van der Waals surface area (Å²) in [5.74, 6) is 0.208. The molecule has 8 nitrogen and oxygen atoms in total. The fourth-order valence-electron chi connectivity index (χ4n) is 5.43. The molecule has 1 aliphatic heterocycles. The quantitative estimate of drug-likeness (QED) is 0.571. The zero-order chi connectivity index (χ0) is 20.9. The summed E-state index contributed by atoms with van der Waals surface area (Å²) in [5.41, 5.74) is 1.64. The predicted molar refractivity (Wildman–Crippen MR) is 101 cm³/mol. The van der Waals surface area contributed by atoms with Crippen LogP contribution in [0.2, 0.25) is 0 Å². The van der Waals surface area contributed by atoms with Crippen molar-refractivity contribution in [3.05, 3.63) is 34.6 Å². The zero-order valence-electron chi connectivity index (χ0n) is 16.7. The second-order valence-corrected chi connectivity index (χ2v) is 7.83. The lowest BCUT2D eigenvalue weighted by Crippen LogP contribution is -2.60. The van der Waals surface area contributed by atoms with Gasteiger partial charge in [-0.15, -0.1) is 0 Å². The minimum absolute atomic E-state index is 0.0362. The van der Waals surface area contributed by atoms with Gasteiger partial charge in [0.05, 0.1) is 26.4 Å². The first-order valence-electron chi connectivity index (χ1n) is 9.62. The Morgan fingerprint density at radius 1 is 1.31 bits per heavy atom. The number of carbonyl (C=O) groups excluding carboxylic acids is 2. The van der Waals surface area contributed by atoms with Crippen molar-refractivity contribution < 1.29 is 34.0 Å². The van der Waals surface area contributed by atoms with Crippen molar-refractivity contribution in [2.75, 3.05) is 20.8 Å². The van der Waals surface area contributed by atoms with E-state index in [0.717, 1.165) is 17.5 Å². The molecule has 1 heterocycles. The summed E-state index contributed by atoms with van der Waals surface area (Å²) in [6, 6.07) is 3.30. The van der Waals surface area contributed by atoms with Crippen LogP contribution in [0.25, 0.3) is 0 Å². The Labute approximate surface area is 168 Å². The third kappa shape index (κ3) is 2.69. The van der Waals surface area contributed by atoms with Crippen LogP contribution >= 0.6 is 0 Å². The second kappa shape index (κ2) is 6.95. The van der Waals surface area contributed by atoms with Gasteiger partial charge in [-0.25, -0.2) is 0 Å². The molecule has 0 unspecified atom stereocenters. The van der Waals surface area contributed by atoms with E-state index in [9.17, 15) is 19.8 Å². The number of benzene rings is 1. The molecule has 0 aromatic heterocycles. The Kier molecular flexibility index (Phi) is 4.69. The van der Waals surface area contributed by atoms with E-state index in [-0.39, 0.29) is 18.2 Å². The smallest absolute Gasteiger partial charge is 0.303 e. The molecule has 2 N–H and O–H groups in total. The normalized spacial score (nSPS) is 30.2. The first-order valence-corrected chi connectivity index (χ1v) is 9.62. The van der Waals surface area contributed by atoms with Gasteiger partial charge >= 0.3 is 5.97 Å². The molecule has 29 heavy (non-hydrogen) atoms. The number of hydrogen-bond acceptors (Lipinski definition) is 7. The Balaban J connectivity index is 2.02. The van der Waals surface area contributed by atoms with Crippen LogP contribution in [0.1, 0.15) is 30.9 Å². The molecule has 1 aromatic carbocycles. The van der Waals surface area contributed by atoms with Crippen molar-refractivity contribution in [2.24, 2.45) is 0 Å². The fourth-order valence-corrected chi connectivity index (χ4v) is 5.43. The number of piperidine rings is 1. The number of aliphatic hydroxyl groups is 1. The molecule has 1 saturated heterocycles. The summed E-state index contributed by atoms with van der Waals surface area (Å²) in [6.07, 6.45) is 0.0706. The summed E-state index contributed by atoms with van der Waals surface area (Å²) in [7, 11) is 2.95. The number of esters is 1. The number of carbonyl (C=O) groups is 2. The van der Waals surface area contributed by atoms with E-state index in [2.05, 4.69) is 0 Å². The average Bonchev–Trinajstić information content (AvgIpc) is 2.68. The van der Waals surface area contributed by atoms with Crippen LogP contribution in [0.5, 0.6) is 11.5 Å². The van der Waals surface area contributed by atoms with Crippen molar-refractivity contribution in [1.29, 1.82) is 0 Å². The number of phenolic OH excluding ortho intramolecular Hbond substituents is 1. The van der Waals surface area contributed by atoms with E-state index in [1.54, 1.807) is 11.0 Å². The molecule has 1 fully saturated rings. The zero-order valence-corrected chi connectivity index (χ0v) is 16.7. The summed E-state index contributed by atoms with van der Waals surface area (Å²) in [4.78, 5) is 25.1. The fraction of sp³-hybridized carbons (Fsp3) is 0.524. The number of hydrogen-bond donors (Lipinski definition) is 2. The molecule has 4 rings (SSSR count). The van der Waals surface area contributed by atoms with Gasteiger partial charge in [0.2, 0.25) is 6.41 Å². The second-order valence-electron chi connectivity index (χ2n) is 7.83. The molecule has 1 aromatic rings. The van der Waals surface area contributed by atoms with Gasteiger partial charge in [-0.1, -0.05) is 6.07 Å². The van der Waals surface area contributed by atoms with E-state index in [1.807, 2.05) is 6.07 Å². The van der Waals surface area contributed by atoms with Crippen LogP contribution in [-0.2, 0) is 30.9 Å². The van der Waals surface area contributed by atoms with Gasteiger partial charge < -0.3 is 29.3 Å². The van der Waals surface area contributed by atoms with Crippen molar-refractivity contribution in [3.63, 3.8) is 0 Å². The van der Waals surface area contributed by atoms with E-state index >= 15 is 0 Å². The number of aliphatic hydroxyl groups excluding tert-OH is 1. The lowest BCUT2D eigenvalue weighted by atomic mass is 9.55. The topological polar surface area (TPSA) is 106 Å². The molecule has 3 aliphatic rings. The number of likely N-dealkylation sites (tertiary alicyclic amines) is 1. The van der Waals surface area contributed by atoms with Crippen molar-refractivity contribution in [2.45, 2.75) is 49.9 Å². The van der Waals surface area contributed by atoms with Gasteiger partial charge in [-0.05, 0) is 30.9 Å². The number of fused-ring (bicyclic) bond motifs is 1. The van der Waals surface area contributed by atoms with E-state index in [0.29, 0.717) is 36.5 Å². The molecule has 0 spiro atoms. The molecular weight excluding hydrogens is 378 g/mol. The Morgan fingerprint density at radius 2 is 2.07 bits per heavy atom. The number of amides is 1. The van der Waals surface area contributed by atoms with Gasteiger partial charge in [0.25, 0.3) is 0 Å². The highest BCUT2D eigenvalue weighted by atomic mass is 16.6. The van der Waals surface area contributed by atoms with Crippen LogP contribution in [0.3, 0.4) is 0 Å². The Bertz CT molecular complexity index is 895. The Morgan fingerprint density at radius 3 is 2.69 bits per heavy atom. The molecular formula is C21H25NO7. The van der Waals surface area contributed by atoms with Gasteiger partial charge in [0.1, 0.15) is 5.76 Å². The SMILES string of the molecule is COC1=C2[C@H]3Cc4ccc(OC)c(O)c4[C@]2(CCN3C=O)C[C@H](O)[C@@H]1OC(C)=O. The van der Waals surface area contributed by atoms with Crippen LogP contribution in [-0.4, -0.2) is 66.5 Å². The minimum Gasteiger partial charge on any atom is -0.504 e. The molecule has 0 saturated carbocycles. The molecule has 0 radical (unpaired) electrons. The lowest BCUT2D eigenvalue weighted by Gasteiger charge is -2.56. The maximum atomic E-state index is 11.8. The third-order valence-corrected chi connectivity index (χ3v) is 6.46. The number of nitrogens with zero attached hydrogens (tertiary/aromatic N) is 1. The number of aromatic hydroxyl groups is 1. The van der Waals surface area contributed by atoms with Gasteiger partial charge in [0, 0.05) is 30.0 Å². The largest absolute Gasteiger partial charge is 0.504 e. The van der Waals surface area contributed by atoms with Crippen LogP contribution in [0.4, 0.5) is 0 Å². The summed E-state index contributed by atoms with van der Waals surface area (Å²) >= 11 is 0. The molecule has 8 heteroatoms. The van der Waals surface area contributed by atoms with E-state index < -0.39 is 23.6 Å². The number of phenols is 1. The first kappa shape index (κ1) is 19.6. The molecule has 2 bridgehead atoms. The van der Waals surface area contributed by atoms with Crippen LogP contribution in [0.15, 0.2) is 23.5 Å². The average molecular weight is 403 g/mol. The first-order chi connectivity index (χ1) is 13.9. The van der Waals surface area contributed by atoms with Crippen molar-refractivity contribution in [3.8, 4) is 11.5 Å². The highest BCUT2D eigenvalue weighted by molar-refractivity contribution is 5.68. The van der Waals surface area contributed by atoms with Crippen LogP contribution < -0.4 is 4.74 Å². The highest BCUT2D eigenvalue weighted by Crippen LogP contribution is 2.58. The Hall–Kier alpha value is -2.74. The van der Waals surface area contributed by atoms with Gasteiger partial charge in [-0.3, -0.25) is 9.59 Å². The molecule has 2 aliphatic carbocycles. The monoisotopic (exact) mass is 403 g/mol. The van der Waals surface area contributed by atoms with Crippen molar-refractivity contribution >= 4 is 12.4 Å². The molecule has 1 amide bonds.